The number of rotatable bonds is 2. The largest absolute Gasteiger partial charge is 0.287 e. The normalized spacial score (nSPS) is 10.3. The molecule has 0 amide bonds. The van der Waals surface area contributed by atoms with Crippen molar-refractivity contribution >= 4 is 16.6 Å². The Morgan fingerprint density at radius 2 is 2.05 bits per heavy atom. The van der Waals surface area contributed by atoms with E-state index in [1.54, 1.807) is 16.9 Å². The summed E-state index contributed by atoms with van der Waals surface area (Å²) in [5, 5.41) is 25.1. The first-order valence-corrected chi connectivity index (χ1v) is 5.82. The van der Waals surface area contributed by atoms with Crippen LogP contribution in [0.5, 0.6) is 0 Å². The third-order valence-corrected chi connectivity index (χ3v) is 3.02. The number of aromatic nitrogens is 2. The van der Waals surface area contributed by atoms with Crippen molar-refractivity contribution in [2.75, 3.05) is 0 Å². The van der Waals surface area contributed by atoms with Gasteiger partial charge in [-0.2, -0.15) is 10.4 Å². The van der Waals surface area contributed by atoms with Crippen LogP contribution in [0.4, 0.5) is 5.69 Å². The Labute approximate surface area is 113 Å². The zero-order chi connectivity index (χ0) is 14.1. The standard InChI is InChI=1S/C14H8N4O2/c15-8-11-7-12(5-6-14(11)18(19)20)17-13-4-2-1-3-10(13)9-16-17/h1-7,9H. The molecule has 0 radical (unpaired) electrons. The molecule has 1 heterocycles. The Bertz CT molecular complexity index is 861. The van der Waals surface area contributed by atoms with Gasteiger partial charge in [-0.3, -0.25) is 10.1 Å². The summed E-state index contributed by atoms with van der Waals surface area (Å²) in [6, 6.07) is 13.8. The van der Waals surface area contributed by atoms with Crippen LogP contribution in [0.25, 0.3) is 16.6 Å². The van der Waals surface area contributed by atoms with E-state index in [9.17, 15) is 10.1 Å². The molecule has 0 aliphatic rings. The van der Waals surface area contributed by atoms with E-state index in [1.165, 1.54) is 12.1 Å². The summed E-state index contributed by atoms with van der Waals surface area (Å²) < 4.78 is 1.65. The van der Waals surface area contributed by atoms with Crippen molar-refractivity contribution in [3.8, 4) is 11.8 Å². The molecule has 0 aliphatic carbocycles. The second-order valence-electron chi connectivity index (χ2n) is 4.19. The smallest absolute Gasteiger partial charge is 0.258 e. The molecule has 0 bridgehead atoms. The van der Waals surface area contributed by atoms with Crippen molar-refractivity contribution in [1.29, 1.82) is 5.26 Å². The number of hydrogen-bond acceptors (Lipinski definition) is 4. The van der Waals surface area contributed by atoms with E-state index in [0.29, 0.717) is 5.69 Å². The number of hydrogen-bond donors (Lipinski definition) is 0. The van der Waals surface area contributed by atoms with Gasteiger partial charge in [-0.15, -0.1) is 0 Å². The van der Waals surface area contributed by atoms with Gasteiger partial charge in [0.05, 0.1) is 22.3 Å². The van der Waals surface area contributed by atoms with Gasteiger partial charge in [0.15, 0.2) is 0 Å². The zero-order valence-corrected chi connectivity index (χ0v) is 10.2. The summed E-state index contributed by atoms with van der Waals surface area (Å²) in [6.45, 7) is 0. The summed E-state index contributed by atoms with van der Waals surface area (Å²) in [6.07, 6.45) is 1.71. The molecule has 2 aromatic carbocycles. The SMILES string of the molecule is N#Cc1cc(-n2ncc3ccccc32)ccc1[N+](=O)[O-]. The number of para-hydroxylation sites is 1. The quantitative estimate of drug-likeness (QED) is 0.526. The fourth-order valence-corrected chi connectivity index (χ4v) is 2.08. The predicted molar refractivity (Wildman–Crippen MR) is 72.4 cm³/mol. The van der Waals surface area contributed by atoms with Gasteiger partial charge in [-0.05, 0) is 18.2 Å². The molecule has 0 N–H and O–H groups in total. The lowest BCUT2D eigenvalue weighted by Gasteiger charge is -2.04. The first-order valence-electron chi connectivity index (χ1n) is 5.82. The Morgan fingerprint density at radius 3 is 2.80 bits per heavy atom. The molecule has 1 aromatic heterocycles. The average Bonchev–Trinajstić information content (AvgIpc) is 2.90. The summed E-state index contributed by atoms with van der Waals surface area (Å²) in [7, 11) is 0. The van der Waals surface area contributed by atoms with Crippen molar-refractivity contribution in [1.82, 2.24) is 9.78 Å². The van der Waals surface area contributed by atoms with Crippen LogP contribution in [0.1, 0.15) is 5.56 Å². The molecule has 6 nitrogen and oxygen atoms in total. The monoisotopic (exact) mass is 264 g/mol. The van der Waals surface area contributed by atoms with Gasteiger partial charge >= 0.3 is 0 Å². The van der Waals surface area contributed by atoms with Crippen LogP contribution in [-0.2, 0) is 0 Å². The van der Waals surface area contributed by atoms with Gasteiger partial charge in [-0.25, -0.2) is 4.68 Å². The maximum absolute atomic E-state index is 10.8. The first kappa shape index (κ1) is 11.9. The fraction of sp³-hybridized carbons (Fsp3) is 0. The summed E-state index contributed by atoms with van der Waals surface area (Å²) in [5.41, 5.74) is 1.32. The van der Waals surface area contributed by atoms with E-state index < -0.39 is 4.92 Å². The maximum atomic E-state index is 10.8. The number of nitro benzene ring substituents is 1. The number of fused-ring (bicyclic) bond motifs is 1. The lowest BCUT2D eigenvalue weighted by molar-refractivity contribution is -0.385. The second kappa shape index (κ2) is 4.48. The van der Waals surface area contributed by atoms with Crippen molar-refractivity contribution in [2.24, 2.45) is 0 Å². The van der Waals surface area contributed by atoms with E-state index >= 15 is 0 Å². The Morgan fingerprint density at radius 1 is 1.25 bits per heavy atom. The highest BCUT2D eigenvalue weighted by Crippen LogP contribution is 2.23. The van der Waals surface area contributed by atoms with Crippen LogP contribution in [0.3, 0.4) is 0 Å². The van der Waals surface area contributed by atoms with Crippen LogP contribution in [0.15, 0.2) is 48.7 Å². The summed E-state index contributed by atoms with van der Waals surface area (Å²) >= 11 is 0. The molecule has 6 heteroatoms. The molecular formula is C14H8N4O2. The topological polar surface area (TPSA) is 84.8 Å². The third-order valence-electron chi connectivity index (χ3n) is 3.02. The molecular weight excluding hydrogens is 256 g/mol. The highest BCUT2D eigenvalue weighted by atomic mass is 16.6. The van der Waals surface area contributed by atoms with Crippen molar-refractivity contribution in [3.63, 3.8) is 0 Å². The zero-order valence-electron chi connectivity index (χ0n) is 10.2. The summed E-state index contributed by atoms with van der Waals surface area (Å²) in [5.74, 6) is 0. The third kappa shape index (κ3) is 1.78. The van der Waals surface area contributed by atoms with Crippen LogP contribution in [0.2, 0.25) is 0 Å². The Kier molecular flexibility index (Phi) is 2.66. The van der Waals surface area contributed by atoms with Gasteiger partial charge < -0.3 is 0 Å². The van der Waals surface area contributed by atoms with Crippen LogP contribution >= 0.6 is 0 Å². The van der Waals surface area contributed by atoms with Crippen molar-refractivity contribution < 1.29 is 4.92 Å². The molecule has 0 atom stereocenters. The highest BCUT2D eigenvalue weighted by molar-refractivity contribution is 5.80. The second-order valence-corrected chi connectivity index (χ2v) is 4.19. The molecule has 0 fully saturated rings. The van der Waals surface area contributed by atoms with E-state index in [-0.39, 0.29) is 11.3 Å². The minimum Gasteiger partial charge on any atom is -0.258 e. The van der Waals surface area contributed by atoms with E-state index in [4.69, 9.17) is 5.26 Å². The lowest BCUT2D eigenvalue weighted by atomic mass is 10.1. The fourth-order valence-electron chi connectivity index (χ4n) is 2.08. The predicted octanol–water partition coefficient (Wildman–Crippen LogP) is 2.81. The molecule has 0 spiro atoms. The maximum Gasteiger partial charge on any atom is 0.287 e. The molecule has 20 heavy (non-hydrogen) atoms. The first-order chi connectivity index (χ1) is 9.70. The van der Waals surface area contributed by atoms with Crippen LogP contribution in [-0.4, -0.2) is 14.7 Å². The van der Waals surface area contributed by atoms with Crippen LogP contribution in [0, 0.1) is 21.4 Å². The number of benzene rings is 2. The average molecular weight is 264 g/mol. The number of nitrogens with zero attached hydrogens (tertiary/aromatic N) is 4. The molecule has 0 saturated heterocycles. The van der Waals surface area contributed by atoms with E-state index in [2.05, 4.69) is 5.10 Å². The molecule has 0 aliphatic heterocycles. The molecule has 96 valence electrons. The minimum absolute atomic E-state index is 0.0204. The van der Waals surface area contributed by atoms with Gasteiger partial charge in [0, 0.05) is 11.5 Å². The highest BCUT2D eigenvalue weighted by Gasteiger charge is 2.15. The lowest BCUT2D eigenvalue weighted by Crippen LogP contribution is -1.99. The van der Waals surface area contributed by atoms with Crippen molar-refractivity contribution in [3.05, 3.63) is 64.3 Å². The van der Waals surface area contributed by atoms with Gasteiger partial charge in [-0.1, -0.05) is 18.2 Å². The Hall–Kier alpha value is -3.20. The van der Waals surface area contributed by atoms with E-state index in [1.807, 2.05) is 30.3 Å². The number of nitro groups is 1. The molecule has 3 aromatic rings. The molecule has 0 saturated carbocycles. The van der Waals surface area contributed by atoms with Gasteiger partial charge in [0.2, 0.25) is 0 Å². The summed E-state index contributed by atoms with van der Waals surface area (Å²) in [4.78, 5) is 10.3. The molecule has 0 unspecified atom stereocenters. The van der Waals surface area contributed by atoms with Gasteiger partial charge in [0.1, 0.15) is 11.6 Å². The Balaban J connectivity index is 2.21. The minimum atomic E-state index is -0.566. The van der Waals surface area contributed by atoms with E-state index in [0.717, 1.165) is 10.9 Å². The number of nitriles is 1. The van der Waals surface area contributed by atoms with Gasteiger partial charge in [0.25, 0.3) is 5.69 Å². The van der Waals surface area contributed by atoms with Crippen LogP contribution < -0.4 is 0 Å². The molecule has 3 rings (SSSR count). The van der Waals surface area contributed by atoms with Crippen molar-refractivity contribution in [2.45, 2.75) is 0 Å².